The van der Waals surface area contributed by atoms with Gasteiger partial charge in [0.05, 0.1) is 6.61 Å². The monoisotopic (exact) mass is 283 g/mol. The zero-order chi connectivity index (χ0) is 14.3. The average Bonchev–Trinajstić information content (AvgIpc) is 2.36. The molecule has 0 bridgehead atoms. The third-order valence-electron chi connectivity index (χ3n) is 2.81. The molecule has 0 amide bonds. The molecule has 1 rings (SSSR count). The smallest absolute Gasteiger partial charge is 0.124 e. The van der Waals surface area contributed by atoms with E-state index in [4.69, 9.17) is 4.74 Å². The zero-order valence-corrected chi connectivity index (χ0v) is 13.1. The summed E-state index contributed by atoms with van der Waals surface area (Å²) in [5.74, 6) is 2.71. The summed E-state index contributed by atoms with van der Waals surface area (Å²) in [5.41, 5.74) is 1.09. The second-order valence-electron chi connectivity index (χ2n) is 4.98. The lowest BCUT2D eigenvalue weighted by Gasteiger charge is -2.20. The number of hydrogen-bond donors (Lipinski definition) is 1. The van der Waals surface area contributed by atoms with Gasteiger partial charge in [0.25, 0.3) is 0 Å². The van der Waals surface area contributed by atoms with E-state index in [1.54, 1.807) is 0 Å². The Hall–Kier alpha value is -0.870. The number of para-hydroxylation sites is 1. The summed E-state index contributed by atoms with van der Waals surface area (Å²) < 4.78 is 17.7. The van der Waals surface area contributed by atoms with Crippen molar-refractivity contribution >= 4 is 10.8 Å². The predicted octanol–water partition coefficient (Wildman–Crippen LogP) is 2.75. The summed E-state index contributed by atoms with van der Waals surface area (Å²) >= 11 is 0. The highest BCUT2D eigenvalue weighted by atomic mass is 32.2. The molecule has 0 saturated heterocycles. The van der Waals surface area contributed by atoms with Crippen molar-refractivity contribution in [3.8, 4) is 5.75 Å². The van der Waals surface area contributed by atoms with Gasteiger partial charge < -0.3 is 10.1 Å². The Bertz CT molecular complexity index is 407. The highest BCUT2D eigenvalue weighted by molar-refractivity contribution is 7.85. The van der Waals surface area contributed by atoms with Gasteiger partial charge in [0, 0.05) is 33.9 Å². The predicted molar refractivity (Wildman–Crippen MR) is 82.1 cm³/mol. The molecule has 0 radical (unpaired) electrons. The second-order valence-corrected chi connectivity index (χ2v) is 6.53. The van der Waals surface area contributed by atoms with Crippen molar-refractivity contribution in [3.05, 3.63) is 29.8 Å². The Kier molecular flexibility index (Phi) is 7.10. The highest BCUT2D eigenvalue weighted by Crippen LogP contribution is 2.25. The van der Waals surface area contributed by atoms with E-state index in [0.29, 0.717) is 18.3 Å². The van der Waals surface area contributed by atoms with Gasteiger partial charge in [-0.25, -0.2) is 0 Å². The standard InChI is InChI=1S/C15H25NO2S/c1-5-18-15-9-7-6-8-13(15)14(16-4)11-19(17)10-12(2)3/h6-9,12,14,16H,5,10-11H2,1-4H3. The first-order valence-electron chi connectivity index (χ1n) is 6.82. The van der Waals surface area contributed by atoms with Crippen LogP contribution >= 0.6 is 0 Å². The van der Waals surface area contributed by atoms with Crippen LogP contribution in [0.5, 0.6) is 5.75 Å². The van der Waals surface area contributed by atoms with Gasteiger partial charge in [0.1, 0.15) is 5.75 Å². The average molecular weight is 283 g/mol. The summed E-state index contributed by atoms with van der Waals surface area (Å²) in [7, 11) is 1.09. The number of hydrogen-bond acceptors (Lipinski definition) is 3. The van der Waals surface area contributed by atoms with Gasteiger partial charge in [-0.2, -0.15) is 0 Å². The number of ether oxygens (including phenoxy) is 1. The molecule has 1 aromatic carbocycles. The molecule has 2 unspecified atom stereocenters. The van der Waals surface area contributed by atoms with Crippen molar-refractivity contribution in [2.75, 3.05) is 25.2 Å². The van der Waals surface area contributed by atoms with E-state index in [1.165, 1.54) is 0 Å². The minimum Gasteiger partial charge on any atom is -0.494 e. The first kappa shape index (κ1) is 16.2. The SMILES string of the molecule is CCOc1ccccc1C(CS(=O)CC(C)C)NC. The molecule has 3 nitrogen and oxygen atoms in total. The van der Waals surface area contributed by atoms with E-state index in [-0.39, 0.29) is 6.04 Å². The number of nitrogens with one attached hydrogen (secondary N) is 1. The fourth-order valence-electron chi connectivity index (χ4n) is 2.01. The molecule has 108 valence electrons. The maximum Gasteiger partial charge on any atom is 0.124 e. The van der Waals surface area contributed by atoms with Crippen molar-refractivity contribution in [1.29, 1.82) is 0 Å². The van der Waals surface area contributed by atoms with Gasteiger partial charge in [-0.15, -0.1) is 0 Å². The first-order valence-corrected chi connectivity index (χ1v) is 8.31. The highest BCUT2D eigenvalue weighted by Gasteiger charge is 2.17. The molecular formula is C15H25NO2S. The van der Waals surface area contributed by atoms with Gasteiger partial charge in [-0.1, -0.05) is 32.0 Å². The first-order chi connectivity index (χ1) is 9.08. The Morgan fingerprint density at radius 2 is 1.95 bits per heavy atom. The molecule has 1 aromatic rings. The second kappa shape index (κ2) is 8.33. The minimum atomic E-state index is -0.811. The van der Waals surface area contributed by atoms with Crippen LogP contribution in [0.25, 0.3) is 0 Å². The van der Waals surface area contributed by atoms with Gasteiger partial charge in [0.15, 0.2) is 0 Å². The number of rotatable bonds is 8. The summed E-state index contributed by atoms with van der Waals surface area (Å²) in [6, 6.07) is 8.04. The third-order valence-corrected chi connectivity index (χ3v) is 4.56. The molecule has 0 aromatic heterocycles. The van der Waals surface area contributed by atoms with E-state index < -0.39 is 10.8 Å². The molecule has 19 heavy (non-hydrogen) atoms. The molecule has 0 aliphatic carbocycles. The van der Waals surface area contributed by atoms with E-state index in [9.17, 15) is 4.21 Å². The Balaban J connectivity index is 2.82. The maximum absolute atomic E-state index is 12.1. The quantitative estimate of drug-likeness (QED) is 0.797. The number of benzene rings is 1. The van der Waals surface area contributed by atoms with Gasteiger partial charge in [-0.3, -0.25) is 4.21 Å². The Morgan fingerprint density at radius 3 is 2.53 bits per heavy atom. The zero-order valence-electron chi connectivity index (χ0n) is 12.3. The van der Waals surface area contributed by atoms with Gasteiger partial charge in [-0.05, 0) is 26.0 Å². The van der Waals surface area contributed by atoms with Crippen LogP contribution in [0.15, 0.2) is 24.3 Å². The molecule has 0 aliphatic rings. The van der Waals surface area contributed by atoms with Crippen LogP contribution in [0.3, 0.4) is 0 Å². The molecule has 0 heterocycles. The summed E-state index contributed by atoms with van der Waals surface area (Å²) in [6.07, 6.45) is 0. The summed E-state index contributed by atoms with van der Waals surface area (Å²) in [6.45, 7) is 6.81. The molecule has 0 aliphatic heterocycles. The molecule has 2 atom stereocenters. The third kappa shape index (κ3) is 5.33. The lowest BCUT2D eigenvalue weighted by molar-refractivity contribution is 0.333. The Labute approximate surface area is 119 Å². The Morgan fingerprint density at radius 1 is 1.26 bits per heavy atom. The fourth-order valence-corrected chi connectivity index (χ4v) is 3.61. The molecular weight excluding hydrogens is 258 g/mol. The van der Waals surface area contributed by atoms with Crippen LogP contribution in [0, 0.1) is 5.92 Å². The van der Waals surface area contributed by atoms with Gasteiger partial charge in [0.2, 0.25) is 0 Å². The van der Waals surface area contributed by atoms with E-state index >= 15 is 0 Å². The van der Waals surface area contributed by atoms with Crippen molar-refractivity contribution in [1.82, 2.24) is 5.32 Å². The van der Waals surface area contributed by atoms with Crippen LogP contribution in [0.1, 0.15) is 32.4 Å². The van der Waals surface area contributed by atoms with Crippen LogP contribution < -0.4 is 10.1 Å². The lowest BCUT2D eigenvalue weighted by atomic mass is 10.1. The summed E-state index contributed by atoms with van der Waals surface area (Å²) in [4.78, 5) is 0. The minimum absolute atomic E-state index is 0.0716. The van der Waals surface area contributed by atoms with Gasteiger partial charge >= 0.3 is 0 Å². The normalized spacial score (nSPS) is 14.4. The maximum atomic E-state index is 12.1. The van der Waals surface area contributed by atoms with Crippen molar-refractivity contribution in [3.63, 3.8) is 0 Å². The van der Waals surface area contributed by atoms with E-state index in [0.717, 1.165) is 17.1 Å². The van der Waals surface area contributed by atoms with Crippen LogP contribution in [-0.4, -0.2) is 29.4 Å². The molecule has 0 spiro atoms. The molecule has 0 saturated carbocycles. The molecule has 0 fully saturated rings. The van der Waals surface area contributed by atoms with Crippen LogP contribution in [-0.2, 0) is 10.8 Å². The van der Waals surface area contributed by atoms with E-state index in [1.807, 2.05) is 38.2 Å². The van der Waals surface area contributed by atoms with Crippen LogP contribution in [0.4, 0.5) is 0 Å². The largest absolute Gasteiger partial charge is 0.494 e. The molecule has 1 N–H and O–H groups in total. The fraction of sp³-hybridized carbons (Fsp3) is 0.600. The van der Waals surface area contributed by atoms with Crippen molar-refractivity contribution < 1.29 is 8.95 Å². The van der Waals surface area contributed by atoms with E-state index in [2.05, 4.69) is 19.2 Å². The van der Waals surface area contributed by atoms with Crippen molar-refractivity contribution in [2.45, 2.75) is 26.8 Å². The molecule has 4 heteroatoms. The van der Waals surface area contributed by atoms with Crippen molar-refractivity contribution in [2.24, 2.45) is 5.92 Å². The summed E-state index contributed by atoms with van der Waals surface area (Å²) in [5, 5.41) is 3.25. The topological polar surface area (TPSA) is 38.3 Å². The van der Waals surface area contributed by atoms with Crippen LogP contribution in [0.2, 0.25) is 0 Å². The lowest BCUT2D eigenvalue weighted by Crippen LogP contribution is -2.25.